The average Bonchev–Trinajstić information content (AvgIpc) is 2.99. The van der Waals surface area contributed by atoms with Crippen LogP contribution in [0.15, 0.2) is 66.2 Å². The lowest BCUT2D eigenvalue weighted by molar-refractivity contribution is 1.22. The molecule has 0 radical (unpaired) electrons. The fourth-order valence-electron chi connectivity index (χ4n) is 2.56. The maximum atomic E-state index is 4.72. The summed E-state index contributed by atoms with van der Waals surface area (Å²) in [6.07, 6.45) is 1.89. The largest absolute Gasteiger partial charge is 0.324 e. The second kappa shape index (κ2) is 5.82. The zero-order chi connectivity index (χ0) is 15.6. The summed E-state index contributed by atoms with van der Waals surface area (Å²) in [6, 6.07) is 18.5. The minimum Gasteiger partial charge on any atom is -0.324 e. The van der Waals surface area contributed by atoms with Gasteiger partial charge in [0.25, 0.3) is 0 Å². The Hall–Kier alpha value is -2.72. The molecule has 1 N–H and O–H groups in total. The molecule has 4 heteroatoms. The van der Waals surface area contributed by atoms with E-state index in [2.05, 4.69) is 46.9 Å². The predicted molar refractivity (Wildman–Crippen MR) is 97.3 cm³/mol. The molecule has 0 aliphatic heterocycles. The summed E-state index contributed by atoms with van der Waals surface area (Å²) in [5.74, 6) is 0.624. The molecule has 4 rings (SSSR count). The van der Waals surface area contributed by atoms with Gasteiger partial charge < -0.3 is 5.32 Å². The third-order valence-electron chi connectivity index (χ3n) is 3.67. The van der Waals surface area contributed by atoms with Gasteiger partial charge in [-0.1, -0.05) is 42.5 Å². The SMILES string of the molecule is Cc1cccc(Nc2ncc3scc(-c4ccccc4)c3n2)c1. The van der Waals surface area contributed by atoms with Gasteiger partial charge in [-0.25, -0.2) is 9.97 Å². The number of hydrogen-bond acceptors (Lipinski definition) is 4. The van der Waals surface area contributed by atoms with E-state index in [1.807, 2.05) is 36.5 Å². The lowest BCUT2D eigenvalue weighted by atomic mass is 10.1. The van der Waals surface area contributed by atoms with Crippen LogP contribution in [0.3, 0.4) is 0 Å². The van der Waals surface area contributed by atoms with E-state index < -0.39 is 0 Å². The Labute approximate surface area is 138 Å². The number of nitrogens with one attached hydrogen (secondary N) is 1. The highest BCUT2D eigenvalue weighted by Crippen LogP contribution is 2.33. The first kappa shape index (κ1) is 13.9. The lowest BCUT2D eigenvalue weighted by Crippen LogP contribution is -1.96. The highest BCUT2D eigenvalue weighted by molar-refractivity contribution is 7.17. The molecule has 0 saturated carbocycles. The highest BCUT2D eigenvalue weighted by atomic mass is 32.1. The van der Waals surface area contributed by atoms with E-state index in [4.69, 9.17) is 4.98 Å². The van der Waals surface area contributed by atoms with E-state index in [9.17, 15) is 0 Å². The molecule has 0 spiro atoms. The van der Waals surface area contributed by atoms with Gasteiger partial charge in [0.1, 0.15) is 0 Å². The fraction of sp³-hybridized carbons (Fsp3) is 0.0526. The molecule has 2 aromatic carbocycles. The third kappa shape index (κ3) is 2.81. The molecule has 23 heavy (non-hydrogen) atoms. The monoisotopic (exact) mass is 317 g/mol. The number of aromatic nitrogens is 2. The van der Waals surface area contributed by atoms with Crippen molar-refractivity contribution >= 4 is 33.2 Å². The molecule has 0 amide bonds. The standard InChI is InChI=1S/C19H15N3S/c1-13-6-5-9-15(10-13)21-19-20-11-17-18(22-19)16(12-23-17)14-7-3-2-4-8-14/h2-12H,1H3,(H,20,21,22). The van der Waals surface area contributed by atoms with E-state index in [0.717, 1.165) is 21.5 Å². The van der Waals surface area contributed by atoms with Gasteiger partial charge in [-0.05, 0) is 30.2 Å². The van der Waals surface area contributed by atoms with Crippen LogP contribution in [0.4, 0.5) is 11.6 Å². The van der Waals surface area contributed by atoms with Crippen molar-refractivity contribution in [2.24, 2.45) is 0 Å². The van der Waals surface area contributed by atoms with Gasteiger partial charge in [-0.15, -0.1) is 11.3 Å². The summed E-state index contributed by atoms with van der Waals surface area (Å²) in [5.41, 5.74) is 5.53. The normalized spacial score (nSPS) is 10.8. The van der Waals surface area contributed by atoms with Gasteiger partial charge in [0.15, 0.2) is 0 Å². The number of benzene rings is 2. The van der Waals surface area contributed by atoms with E-state index in [-0.39, 0.29) is 0 Å². The zero-order valence-electron chi connectivity index (χ0n) is 12.7. The molecule has 4 aromatic rings. The maximum Gasteiger partial charge on any atom is 0.227 e. The molecule has 0 bridgehead atoms. The molecule has 0 unspecified atom stereocenters. The Kier molecular flexibility index (Phi) is 3.52. The maximum absolute atomic E-state index is 4.72. The Morgan fingerprint density at radius 1 is 1.00 bits per heavy atom. The van der Waals surface area contributed by atoms with Crippen LogP contribution in [-0.2, 0) is 0 Å². The number of aryl methyl sites for hydroxylation is 1. The van der Waals surface area contributed by atoms with Gasteiger partial charge in [-0.3, -0.25) is 0 Å². The summed E-state index contributed by atoms with van der Waals surface area (Å²) in [4.78, 5) is 9.15. The van der Waals surface area contributed by atoms with E-state index >= 15 is 0 Å². The van der Waals surface area contributed by atoms with E-state index in [0.29, 0.717) is 5.95 Å². The Bertz CT molecular complexity index is 961. The quantitative estimate of drug-likeness (QED) is 0.549. The van der Waals surface area contributed by atoms with Crippen molar-refractivity contribution in [2.75, 3.05) is 5.32 Å². The Morgan fingerprint density at radius 3 is 2.70 bits per heavy atom. The summed E-state index contributed by atoms with van der Waals surface area (Å²) >= 11 is 1.67. The lowest BCUT2D eigenvalue weighted by Gasteiger charge is -2.06. The highest BCUT2D eigenvalue weighted by Gasteiger charge is 2.09. The van der Waals surface area contributed by atoms with Crippen LogP contribution in [0.5, 0.6) is 0 Å². The minimum absolute atomic E-state index is 0.624. The van der Waals surface area contributed by atoms with E-state index in [1.165, 1.54) is 11.1 Å². The van der Waals surface area contributed by atoms with Crippen LogP contribution in [0.2, 0.25) is 0 Å². The summed E-state index contributed by atoms with van der Waals surface area (Å²) in [5, 5.41) is 5.43. The van der Waals surface area contributed by atoms with Crippen molar-refractivity contribution in [3.63, 3.8) is 0 Å². The van der Waals surface area contributed by atoms with Gasteiger partial charge >= 0.3 is 0 Å². The predicted octanol–water partition coefficient (Wildman–Crippen LogP) is 5.41. The number of anilines is 2. The van der Waals surface area contributed by atoms with Crippen LogP contribution in [0.1, 0.15) is 5.56 Å². The fourth-order valence-corrected chi connectivity index (χ4v) is 3.44. The van der Waals surface area contributed by atoms with Crippen molar-refractivity contribution in [3.8, 4) is 11.1 Å². The van der Waals surface area contributed by atoms with Crippen molar-refractivity contribution in [3.05, 3.63) is 71.7 Å². The summed E-state index contributed by atoms with van der Waals surface area (Å²) in [6.45, 7) is 2.07. The minimum atomic E-state index is 0.624. The topological polar surface area (TPSA) is 37.8 Å². The molecule has 2 aromatic heterocycles. The molecule has 0 fully saturated rings. The van der Waals surface area contributed by atoms with Crippen LogP contribution in [-0.4, -0.2) is 9.97 Å². The molecule has 112 valence electrons. The molecular weight excluding hydrogens is 302 g/mol. The summed E-state index contributed by atoms with van der Waals surface area (Å²) < 4.78 is 1.10. The average molecular weight is 317 g/mol. The van der Waals surface area contributed by atoms with Gasteiger partial charge in [-0.2, -0.15) is 0 Å². The van der Waals surface area contributed by atoms with Crippen LogP contribution < -0.4 is 5.32 Å². The molecule has 0 aliphatic carbocycles. The van der Waals surface area contributed by atoms with Crippen LogP contribution in [0, 0.1) is 6.92 Å². The first-order valence-corrected chi connectivity index (χ1v) is 8.31. The van der Waals surface area contributed by atoms with Crippen molar-refractivity contribution in [2.45, 2.75) is 6.92 Å². The van der Waals surface area contributed by atoms with Gasteiger partial charge in [0.05, 0.1) is 16.4 Å². The zero-order valence-corrected chi connectivity index (χ0v) is 13.5. The molecule has 2 heterocycles. The second-order valence-corrected chi connectivity index (χ2v) is 6.33. The summed E-state index contributed by atoms with van der Waals surface area (Å²) in [7, 11) is 0. The number of nitrogens with zero attached hydrogens (tertiary/aromatic N) is 2. The third-order valence-corrected chi connectivity index (χ3v) is 4.58. The number of thiophene rings is 1. The molecule has 3 nitrogen and oxygen atoms in total. The van der Waals surface area contributed by atoms with Crippen molar-refractivity contribution in [1.82, 2.24) is 9.97 Å². The molecule has 0 saturated heterocycles. The van der Waals surface area contributed by atoms with Crippen LogP contribution in [0.25, 0.3) is 21.3 Å². The van der Waals surface area contributed by atoms with Crippen molar-refractivity contribution in [1.29, 1.82) is 0 Å². The van der Waals surface area contributed by atoms with Gasteiger partial charge in [0, 0.05) is 16.6 Å². The first-order chi connectivity index (χ1) is 11.3. The number of rotatable bonds is 3. The second-order valence-electron chi connectivity index (χ2n) is 5.42. The first-order valence-electron chi connectivity index (χ1n) is 7.43. The smallest absolute Gasteiger partial charge is 0.227 e. The number of fused-ring (bicyclic) bond motifs is 1. The Balaban J connectivity index is 1.75. The molecular formula is C19H15N3S. The van der Waals surface area contributed by atoms with E-state index in [1.54, 1.807) is 11.3 Å². The number of hydrogen-bond donors (Lipinski definition) is 1. The van der Waals surface area contributed by atoms with Gasteiger partial charge in [0.2, 0.25) is 5.95 Å². The molecule has 0 aliphatic rings. The van der Waals surface area contributed by atoms with Crippen molar-refractivity contribution < 1.29 is 0 Å². The van der Waals surface area contributed by atoms with Crippen LogP contribution >= 0.6 is 11.3 Å². The Morgan fingerprint density at radius 2 is 1.87 bits per heavy atom. The molecule has 0 atom stereocenters.